The van der Waals surface area contributed by atoms with Gasteiger partial charge in [0, 0.05) is 12.7 Å². The highest BCUT2D eigenvalue weighted by molar-refractivity contribution is 5.96. The van der Waals surface area contributed by atoms with Crippen molar-refractivity contribution in [2.45, 2.75) is 19.4 Å². The summed E-state index contributed by atoms with van der Waals surface area (Å²) in [5, 5.41) is 7.73. The molecule has 0 saturated heterocycles. The molecule has 1 unspecified atom stereocenters. The third-order valence-corrected chi connectivity index (χ3v) is 3.51. The van der Waals surface area contributed by atoms with Crippen molar-refractivity contribution in [1.82, 2.24) is 14.8 Å². The quantitative estimate of drug-likeness (QED) is 0.844. The molecule has 2 aromatic rings. The molecule has 0 spiro atoms. The van der Waals surface area contributed by atoms with Gasteiger partial charge in [-0.05, 0) is 25.5 Å². The van der Waals surface area contributed by atoms with Gasteiger partial charge < -0.3 is 10.1 Å². The number of hydrogen-bond donors (Lipinski definition) is 1. The number of pyridine rings is 1. The number of esters is 1. The fraction of sp³-hybridized carbons (Fsp3) is 0.357. The molecule has 1 aliphatic rings. The smallest absolute Gasteiger partial charge is 0.343 e. The molecule has 2 aromatic heterocycles. The number of methoxy groups -OCH3 is 1. The highest BCUT2D eigenvalue weighted by Crippen LogP contribution is 2.32. The molecular formula is C14H16N4O2. The fourth-order valence-corrected chi connectivity index (χ4v) is 2.58. The summed E-state index contributed by atoms with van der Waals surface area (Å²) in [5.41, 5.74) is 2.13. The van der Waals surface area contributed by atoms with Crippen LogP contribution < -0.4 is 5.32 Å². The molecule has 6 heteroatoms. The largest absolute Gasteiger partial charge is 0.465 e. The lowest BCUT2D eigenvalue weighted by atomic mass is 10.1. The van der Waals surface area contributed by atoms with Crippen LogP contribution in [0, 0.1) is 6.92 Å². The van der Waals surface area contributed by atoms with Gasteiger partial charge in [0.15, 0.2) is 0 Å². The first-order valence-electron chi connectivity index (χ1n) is 6.54. The molecule has 104 valence electrons. The topological polar surface area (TPSA) is 69.0 Å². The molecule has 0 saturated carbocycles. The second kappa shape index (κ2) is 4.96. The number of carbonyl (C=O) groups is 1. The molecule has 0 bridgehead atoms. The van der Waals surface area contributed by atoms with Gasteiger partial charge in [-0.3, -0.25) is 4.98 Å². The zero-order valence-corrected chi connectivity index (χ0v) is 11.5. The van der Waals surface area contributed by atoms with E-state index in [9.17, 15) is 4.79 Å². The standard InChI is InChI=1S/C14H16N4O2/c1-9-12(14(19)20-2)13-16-8-6-11(18(13)17-9)10-5-3-4-7-15-10/h3-5,7,11,16H,6,8H2,1-2H3. The Bertz CT molecular complexity index is 636. The minimum absolute atomic E-state index is 0.0459. The molecule has 3 rings (SSSR count). The Morgan fingerprint density at radius 1 is 1.50 bits per heavy atom. The maximum absolute atomic E-state index is 11.9. The van der Waals surface area contributed by atoms with Gasteiger partial charge in [-0.2, -0.15) is 5.10 Å². The van der Waals surface area contributed by atoms with E-state index in [1.807, 2.05) is 29.8 Å². The average Bonchev–Trinajstić information content (AvgIpc) is 2.83. The number of anilines is 1. The summed E-state index contributed by atoms with van der Waals surface area (Å²) in [4.78, 5) is 16.3. The second-order valence-corrected chi connectivity index (χ2v) is 4.73. The Balaban J connectivity index is 2.09. The van der Waals surface area contributed by atoms with Crippen LogP contribution in [0.2, 0.25) is 0 Å². The molecule has 1 N–H and O–H groups in total. The Morgan fingerprint density at radius 3 is 3.05 bits per heavy atom. The van der Waals surface area contributed by atoms with Crippen LogP contribution >= 0.6 is 0 Å². The fourth-order valence-electron chi connectivity index (χ4n) is 2.58. The van der Waals surface area contributed by atoms with Crippen molar-refractivity contribution in [1.29, 1.82) is 0 Å². The van der Waals surface area contributed by atoms with Crippen LogP contribution in [0.1, 0.15) is 34.2 Å². The monoisotopic (exact) mass is 272 g/mol. The molecule has 20 heavy (non-hydrogen) atoms. The number of hydrogen-bond acceptors (Lipinski definition) is 5. The van der Waals surface area contributed by atoms with Crippen LogP contribution in [0.25, 0.3) is 0 Å². The number of aryl methyl sites for hydroxylation is 1. The molecule has 1 aliphatic heterocycles. The van der Waals surface area contributed by atoms with Crippen LogP contribution in [-0.2, 0) is 4.74 Å². The second-order valence-electron chi connectivity index (χ2n) is 4.73. The number of nitrogens with zero attached hydrogens (tertiary/aromatic N) is 3. The number of rotatable bonds is 2. The predicted octanol–water partition coefficient (Wildman–Crippen LogP) is 1.78. The van der Waals surface area contributed by atoms with Crippen LogP contribution in [0.15, 0.2) is 24.4 Å². The molecule has 0 aliphatic carbocycles. The summed E-state index contributed by atoms with van der Waals surface area (Å²) >= 11 is 0. The van der Waals surface area contributed by atoms with E-state index in [2.05, 4.69) is 15.4 Å². The number of carbonyl (C=O) groups excluding carboxylic acids is 1. The zero-order chi connectivity index (χ0) is 14.1. The summed E-state index contributed by atoms with van der Waals surface area (Å²) in [7, 11) is 1.38. The van der Waals surface area contributed by atoms with Crippen molar-refractivity contribution >= 4 is 11.8 Å². The first-order chi connectivity index (χ1) is 9.72. The van der Waals surface area contributed by atoms with Gasteiger partial charge in [-0.25, -0.2) is 9.48 Å². The van der Waals surface area contributed by atoms with Gasteiger partial charge in [-0.1, -0.05) is 6.07 Å². The normalized spacial score (nSPS) is 17.2. The van der Waals surface area contributed by atoms with E-state index in [4.69, 9.17) is 4.74 Å². The van der Waals surface area contributed by atoms with E-state index in [1.165, 1.54) is 7.11 Å². The Hall–Kier alpha value is -2.37. The summed E-state index contributed by atoms with van der Waals surface area (Å²) in [6.45, 7) is 2.59. The molecule has 3 heterocycles. The minimum atomic E-state index is -0.363. The van der Waals surface area contributed by atoms with Crippen LogP contribution in [0.3, 0.4) is 0 Å². The third-order valence-electron chi connectivity index (χ3n) is 3.51. The Morgan fingerprint density at radius 2 is 2.35 bits per heavy atom. The van der Waals surface area contributed by atoms with Crippen molar-refractivity contribution in [2.24, 2.45) is 0 Å². The van der Waals surface area contributed by atoms with Crippen molar-refractivity contribution in [3.05, 3.63) is 41.3 Å². The van der Waals surface area contributed by atoms with Crippen LogP contribution in [0.5, 0.6) is 0 Å². The molecule has 0 radical (unpaired) electrons. The van der Waals surface area contributed by atoms with Crippen molar-refractivity contribution in [3.8, 4) is 0 Å². The van der Waals surface area contributed by atoms with Gasteiger partial charge in [-0.15, -0.1) is 0 Å². The Labute approximate surface area is 116 Å². The first kappa shape index (κ1) is 12.7. The molecule has 0 fully saturated rings. The van der Waals surface area contributed by atoms with E-state index >= 15 is 0 Å². The maximum Gasteiger partial charge on any atom is 0.343 e. The number of fused-ring (bicyclic) bond motifs is 1. The Kier molecular flexibility index (Phi) is 3.14. The lowest BCUT2D eigenvalue weighted by molar-refractivity contribution is 0.0601. The van der Waals surface area contributed by atoms with Gasteiger partial charge in [0.05, 0.1) is 24.5 Å². The van der Waals surface area contributed by atoms with Crippen molar-refractivity contribution < 1.29 is 9.53 Å². The SMILES string of the molecule is COC(=O)c1c(C)nn2c1NCCC2c1ccccn1. The van der Waals surface area contributed by atoms with Gasteiger partial charge in [0.1, 0.15) is 11.4 Å². The van der Waals surface area contributed by atoms with E-state index in [-0.39, 0.29) is 12.0 Å². The molecule has 1 atom stereocenters. The average molecular weight is 272 g/mol. The van der Waals surface area contributed by atoms with Gasteiger partial charge in [0.2, 0.25) is 0 Å². The summed E-state index contributed by atoms with van der Waals surface area (Å²) in [5.74, 6) is 0.356. The van der Waals surface area contributed by atoms with E-state index in [1.54, 1.807) is 6.20 Å². The maximum atomic E-state index is 11.9. The highest BCUT2D eigenvalue weighted by atomic mass is 16.5. The van der Waals surface area contributed by atoms with E-state index in [0.717, 1.165) is 24.5 Å². The number of nitrogens with one attached hydrogen (secondary N) is 1. The molecule has 0 aromatic carbocycles. The summed E-state index contributed by atoms with van der Waals surface area (Å²) in [6.07, 6.45) is 2.65. The summed E-state index contributed by atoms with van der Waals surface area (Å²) in [6, 6.07) is 5.88. The minimum Gasteiger partial charge on any atom is -0.465 e. The molecule has 6 nitrogen and oxygen atoms in total. The predicted molar refractivity (Wildman–Crippen MR) is 73.8 cm³/mol. The van der Waals surface area contributed by atoms with Crippen molar-refractivity contribution in [2.75, 3.05) is 19.0 Å². The number of aromatic nitrogens is 3. The zero-order valence-electron chi connectivity index (χ0n) is 11.5. The third kappa shape index (κ3) is 1.93. The summed E-state index contributed by atoms with van der Waals surface area (Å²) < 4.78 is 6.68. The molecule has 0 amide bonds. The number of ether oxygens (including phenoxy) is 1. The lowest BCUT2D eigenvalue weighted by Crippen LogP contribution is -2.26. The van der Waals surface area contributed by atoms with Crippen LogP contribution in [-0.4, -0.2) is 34.4 Å². The van der Waals surface area contributed by atoms with Gasteiger partial charge >= 0.3 is 5.97 Å². The van der Waals surface area contributed by atoms with Crippen LogP contribution in [0.4, 0.5) is 5.82 Å². The van der Waals surface area contributed by atoms with E-state index < -0.39 is 0 Å². The van der Waals surface area contributed by atoms with E-state index in [0.29, 0.717) is 11.3 Å². The highest BCUT2D eigenvalue weighted by Gasteiger charge is 2.30. The van der Waals surface area contributed by atoms with Gasteiger partial charge in [0.25, 0.3) is 0 Å². The van der Waals surface area contributed by atoms with Crippen molar-refractivity contribution in [3.63, 3.8) is 0 Å². The first-order valence-corrected chi connectivity index (χ1v) is 6.54. The molecular weight excluding hydrogens is 256 g/mol. The lowest BCUT2D eigenvalue weighted by Gasteiger charge is -2.25.